The lowest BCUT2D eigenvalue weighted by Gasteiger charge is -2.04. The molecule has 0 fully saturated rings. The van der Waals surface area contributed by atoms with Crippen LogP contribution >= 0.6 is 0 Å². The van der Waals surface area contributed by atoms with Crippen molar-refractivity contribution in [3.8, 4) is 5.75 Å². The molecule has 1 atom stereocenters. The first kappa shape index (κ1) is 10.9. The van der Waals surface area contributed by atoms with E-state index in [1.165, 1.54) is 24.5 Å². The van der Waals surface area contributed by atoms with E-state index in [9.17, 15) is 14.3 Å². The van der Waals surface area contributed by atoms with Gasteiger partial charge in [-0.1, -0.05) is 12.1 Å². The Morgan fingerprint density at radius 2 is 2.07 bits per heavy atom. The van der Waals surface area contributed by atoms with Gasteiger partial charge in [0.05, 0.1) is 4.92 Å². The Balaban J connectivity index is 3.15. The van der Waals surface area contributed by atoms with Crippen molar-refractivity contribution in [1.82, 2.24) is 0 Å². The summed E-state index contributed by atoms with van der Waals surface area (Å²) in [6.45, 7) is 0. The molecule has 0 aliphatic rings. The van der Waals surface area contributed by atoms with Crippen molar-refractivity contribution in [3.05, 3.63) is 34.4 Å². The van der Waals surface area contributed by atoms with Gasteiger partial charge in [-0.05, 0) is 6.07 Å². The van der Waals surface area contributed by atoms with E-state index >= 15 is 0 Å². The van der Waals surface area contributed by atoms with Gasteiger partial charge >= 0.3 is 5.69 Å². The molecule has 0 spiro atoms. The molecule has 0 aromatic heterocycles. The average Bonchev–Trinajstić information content (AvgIpc) is 2.01. The van der Waals surface area contributed by atoms with Gasteiger partial charge in [-0.3, -0.25) is 10.1 Å². The standard InChI is InChI=1S/C7H7NO4S2/c1-14(11,13)12-7-5-3-2-4-6(7)8(9)10/h2-5H,1H3. The third-order valence-corrected chi connectivity index (χ3v) is 1.99. The van der Waals surface area contributed by atoms with Crippen molar-refractivity contribution in [3.63, 3.8) is 0 Å². The van der Waals surface area contributed by atoms with E-state index in [2.05, 4.69) is 11.2 Å². The minimum absolute atomic E-state index is 0.0694. The summed E-state index contributed by atoms with van der Waals surface area (Å²) >= 11 is 4.50. The number of hydrogen-bond acceptors (Lipinski definition) is 5. The van der Waals surface area contributed by atoms with Crippen molar-refractivity contribution < 1.29 is 13.3 Å². The Bertz CT molecular complexity index is 455. The zero-order chi connectivity index (χ0) is 10.8. The van der Waals surface area contributed by atoms with Crippen molar-refractivity contribution in [1.29, 1.82) is 0 Å². The van der Waals surface area contributed by atoms with Crippen LogP contribution in [0.5, 0.6) is 5.75 Å². The maximum absolute atomic E-state index is 11.1. The summed E-state index contributed by atoms with van der Waals surface area (Å²) in [5, 5.41) is 10.5. The fraction of sp³-hybridized carbons (Fsp3) is 0.143. The maximum Gasteiger partial charge on any atom is 0.312 e. The molecular formula is C7H7NO4S2. The second kappa shape index (κ2) is 3.89. The SMILES string of the molecule is CS(=O)(=S)Oc1ccccc1[N+](=O)[O-]. The fourth-order valence-electron chi connectivity index (χ4n) is 0.842. The van der Waals surface area contributed by atoms with Gasteiger partial charge in [0.1, 0.15) is 0 Å². The fourth-order valence-corrected chi connectivity index (χ4v) is 1.53. The molecule has 0 N–H and O–H groups in total. The van der Waals surface area contributed by atoms with E-state index in [0.29, 0.717) is 0 Å². The van der Waals surface area contributed by atoms with Crippen LogP contribution in [0, 0.1) is 10.1 Å². The van der Waals surface area contributed by atoms with Crippen LogP contribution in [0.25, 0.3) is 0 Å². The molecule has 0 aliphatic carbocycles. The maximum atomic E-state index is 11.1. The second-order valence-corrected chi connectivity index (χ2v) is 5.90. The lowest BCUT2D eigenvalue weighted by molar-refractivity contribution is -0.385. The van der Waals surface area contributed by atoms with E-state index < -0.39 is 13.7 Å². The number of nitrogens with zero attached hydrogens (tertiary/aromatic N) is 1. The number of rotatable bonds is 3. The third kappa shape index (κ3) is 2.93. The molecule has 0 bridgehead atoms. The predicted molar refractivity (Wildman–Crippen MR) is 55.2 cm³/mol. The quantitative estimate of drug-likeness (QED) is 0.580. The van der Waals surface area contributed by atoms with E-state index in [0.717, 1.165) is 0 Å². The van der Waals surface area contributed by atoms with Gasteiger partial charge in [-0.2, -0.15) is 0 Å². The van der Waals surface area contributed by atoms with Gasteiger partial charge in [-0.15, -0.1) is 0 Å². The minimum atomic E-state index is -2.90. The zero-order valence-corrected chi connectivity index (χ0v) is 8.84. The summed E-state index contributed by atoms with van der Waals surface area (Å²) in [5.41, 5.74) is -0.244. The lowest BCUT2D eigenvalue weighted by atomic mass is 10.3. The Labute approximate surface area is 85.7 Å². The summed E-state index contributed by atoms with van der Waals surface area (Å²) in [7, 11) is -2.90. The monoisotopic (exact) mass is 233 g/mol. The molecule has 1 rings (SSSR count). The van der Waals surface area contributed by atoms with E-state index in [1.54, 1.807) is 6.07 Å². The normalized spacial score (nSPS) is 14.4. The molecule has 7 heteroatoms. The first-order valence-corrected chi connectivity index (χ1v) is 6.34. The minimum Gasteiger partial charge on any atom is -0.393 e. The second-order valence-electron chi connectivity index (χ2n) is 2.51. The van der Waals surface area contributed by atoms with Crippen LogP contribution in [0.15, 0.2) is 24.3 Å². The molecule has 76 valence electrons. The molecule has 14 heavy (non-hydrogen) atoms. The molecule has 1 aromatic rings. The molecule has 0 amide bonds. The van der Waals surface area contributed by atoms with Gasteiger partial charge < -0.3 is 4.18 Å². The number of nitro benzene ring substituents is 1. The highest BCUT2D eigenvalue weighted by molar-refractivity contribution is 8.30. The molecule has 0 saturated heterocycles. The summed E-state index contributed by atoms with van der Waals surface area (Å²) in [6, 6.07) is 5.65. The largest absolute Gasteiger partial charge is 0.393 e. The van der Waals surface area contributed by atoms with Crippen LogP contribution in [0.2, 0.25) is 0 Å². The summed E-state index contributed by atoms with van der Waals surface area (Å²) in [4.78, 5) is 9.89. The highest BCUT2D eigenvalue weighted by atomic mass is 32.8. The van der Waals surface area contributed by atoms with Crippen molar-refractivity contribution >= 4 is 25.6 Å². The van der Waals surface area contributed by atoms with Crippen molar-refractivity contribution in [2.45, 2.75) is 0 Å². The van der Waals surface area contributed by atoms with E-state index in [-0.39, 0.29) is 11.4 Å². The molecule has 0 radical (unpaired) electrons. The Morgan fingerprint density at radius 3 is 2.57 bits per heavy atom. The average molecular weight is 233 g/mol. The van der Waals surface area contributed by atoms with Crippen LogP contribution in [0.4, 0.5) is 5.69 Å². The predicted octanol–water partition coefficient (Wildman–Crippen LogP) is 1.26. The molecule has 0 heterocycles. The highest BCUT2D eigenvalue weighted by Gasteiger charge is 2.15. The van der Waals surface area contributed by atoms with Gasteiger partial charge in [0, 0.05) is 23.5 Å². The summed E-state index contributed by atoms with van der Waals surface area (Å²) < 4.78 is 15.9. The number of nitro groups is 1. The molecule has 1 aromatic carbocycles. The molecule has 5 nitrogen and oxygen atoms in total. The van der Waals surface area contributed by atoms with Crippen LogP contribution < -0.4 is 4.18 Å². The molecular weight excluding hydrogens is 226 g/mol. The van der Waals surface area contributed by atoms with Crippen LogP contribution in [-0.4, -0.2) is 15.4 Å². The smallest absolute Gasteiger partial charge is 0.312 e. The zero-order valence-electron chi connectivity index (χ0n) is 7.21. The summed E-state index contributed by atoms with van der Waals surface area (Å²) in [5.74, 6) is -0.0694. The van der Waals surface area contributed by atoms with Crippen LogP contribution in [0.1, 0.15) is 0 Å². The molecule has 0 aliphatic heterocycles. The molecule has 0 saturated carbocycles. The first-order valence-electron chi connectivity index (χ1n) is 3.53. The van der Waals surface area contributed by atoms with E-state index in [4.69, 9.17) is 4.18 Å². The topological polar surface area (TPSA) is 69.4 Å². The van der Waals surface area contributed by atoms with Crippen LogP contribution in [-0.2, 0) is 20.0 Å². The van der Waals surface area contributed by atoms with Gasteiger partial charge in [0.2, 0.25) is 5.75 Å². The number of benzene rings is 1. The summed E-state index contributed by atoms with van der Waals surface area (Å²) in [6.07, 6.45) is 1.19. The third-order valence-electron chi connectivity index (χ3n) is 1.30. The van der Waals surface area contributed by atoms with Gasteiger partial charge in [-0.25, -0.2) is 4.21 Å². The van der Waals surface area contributed by atoms with Crippen molar-refractivity contribution in [2.24, 2.45) is 0 Å². The first-order chi connectivity index (χ1) is 6.40. The Morgan fingerprint density at radius 1 is 1.50 bits per heavy atom. The van der Waals surface area contributed by atoms with Crippen LogP contribution in [0.3, 0.4) is 0 Å². The lowest BCUT2D eigenvalue weighted by Crippen LogP contribution is -2.05. The number of para-hydroxylation sites is 2. The van der Waals surface area contributed by atoms with Gasteiger partial charge in [0.25, 0.3) is 0 Å². The van der Waals surface area contributed by atoms with E-state index in [1.807, 2.05) is 0 Å². The Kier molecular flexibility index (Phi) is 3.02. The number of hydrogen-bond donors (Lipinski definition) is 0. The van der Waals surface area contributed by atoms with Gasteiger partial charge in [0.15, 0.2) is 8.77 Å². The molecule has 1 unspecified atom stereocenters. The van der Waals surface area contributed by atoms with Crippen molar-refractivity contribution in [2.75, 3.05) is 6.26 Å². The highest BCUT2D eigenvalue weighted by Crippen LogP contribution is 2.26. The Hall–Kier alpha value is -1.21.